The molecule has 1 N–H and O–H groups in total. The first-order valence-corrected chi connectivity index (χ1v) is 11.9. The van der Waals surface area contributed by atoms with Gasteiger partial charge in [0.25, 0.3) is 10.0 Å². The number of sulfonamides is 1. The Morgan fingerprint density at radius 1 is 1.00 bits per heavy atom. The van der Waals surface area contributed by atoms with Crippen molar-refractivity contribution in [2.75, 3.05) is 6.61 Å². The number of ether oxygens (including phenoxy) is 2. The van der Waals surface area contributed by atoms with Crippen LogP contribution in [0, 0.1) is 0 Å². The summed E-state index contributed by atoms with van der Waals surface area (Å²) in [6, 6.07) is 13.7. The summed E-state index contributed by atoms with van der Waals surface area (Å²) in [5.74, 6) is 1.30. The predicted molar refractivity (Wildman–Crippen MR) is 121 cm³/mol. The van der Waals surface area contributed by atoms with Crippen molar-refractivity contribution in [1.29, 1.82) is 0 Å². The van der Waals surface area contributed by atoms with E-state index in [4.69, 9.17) is 9.47 Å². The third kappa shape index (κ3) is 8.06. The number of benzene rings is 2. The molecule has 30 heavy (non-hydrogen) atoms. The fourth-order valence-corrected chi connectivity index (χ4v) is 3.59. The minimum atomic E-state index is -3.76. The van der Waals surface area contributed by atoms with Crippen molar-refractivity contribution in [3.05, 3.63) is 54.1 Å². The van der Waals surface area contributed by atoms with E-state index in [0.29, 0.717) is 18.1 Å². The summed E-state index contributed by atoms with van der Waals surface area (Å²) in [5.41, 5.74) is 0.717. The number of para-hydroxylation sites is 1. The Morgan fingerprint density at radius 3 is 2.40 bits per heavy atom. The zero-order valence-electron chi connectivity index (χ0n) is 18.0. The van der Waals surface area contributed by atoms with Crippen molar-refractivity contribution in [1.82, 2.24) is 4.83 Å². The molecule has 164 valence electrons. The van der Waals surface area contributed by atoms with Gasteiger partial charge in [-0.15, -0.1) is 0 Å². The Morgan fingerprint density at radius 2 is 1.70 bits per heavy atom. The Balaban J connectivity index is 1.94. The van der Waals surface area contributed by atoms with Crippen molar-refractivity contribution in [3.8, 4) is 11.5 Å². The molecule has 0 unspecified atom stereocenters. The van der Waals surface area contributed by atoms with Crippen LogP contribution >= 0.6 is 0 Å². The lowest BCUT2D eigenvalue weighted by molar-refractivity contribution is 0.242. The SMILES string of the molecule is CCCCCCCOc1ccccc1/C=N/NS(=O)(=O)c1ccc(OC(C)C)cc1. The van der Waals surface area contributed by atoms with Crippen LogP contribution in [0.2, 0.25) is 0 Å². The van der Waals surface area contributed by atoms with Crippen LogP contribution in [0.4, 0.5) is 0 Å². The highest BCUT2D eigenvalue weighted by Crippen LogP contribution is 2.18. The Hall–Kier alpha value is -2.54. The number of hydrazone groups is 1. The lowest BCUT2D eigenvalue weighted by Crippen LogP contribution is -2.18. The van der Waals surface area contributed by atoms with E-state index in [0.717, 1.165) is 18.4 Å². The van der Waals surface area contributed by atoms with Crippen LogP contribution < -0.4 is 14.3 Å². The minimum Gasteiger partial charge on any atom is -0.493 e. The van der Waals surface area contributed by atoms with E-state index in [1.165, 1.54) is 37.6 Å². The fraction of sp³-hybridized carbons (Fsp3) is 0.435. The van der Waals surface area contributed by atoms with Crippen molar-refractivity contribution >= 4 is 16.2 Å². The maximum absolute atomic E-state index is 12.4. The quantitative estimate of drug-likeness (QED) is 0.270. The number of unbranched alkanes of at least 4 members (excludes halogenated alkanes) is 4. The van der Waals surface area contributed by atoms with E-state index in [2.05, 4.69) is 16.9 Å². The van der Waals surface area contributed by atoms with E-state index < -0.39 is 10.0 Å². The topological polar surface area (TPSA) is 77.0 Å². The average Bonchev–Trinajstić information content (AvgIpc) is 2.71. The molecule has 0 saturated heterocycles. The molecule has 0 bridgehead atoms. The number of nitrogens with one attached hydrogen (secondary N) is 1. The van der Waals surface area contributed by atoms with Crippen molar-refractivity contribution in [2.24, 2.45) is 5.10 Å². The van der Waals surface area contributed by atoms with Crippen LogP contribution in [0.25, 0.3) is 0 Å². The molecular weight excluding hydrogens is 400 g/mol. The van der Waals surface area contributed by atoms with Gasteiger partial charge in [-0.3, -0.25) is 0 Å². The monoisotopic (exact) mass is 432 g/mol. The largest absolute Gasteiger partial charge is 0.493 e. The first-order valence-electron chi connectivity index (χ1n) is 10.5. The van der Waals surface area contributed by atoms with Gasteiger partial charge in [-0.1, -0.05) is 44.7 Å². The van der Waals surface area contributed by atoms with E-state index >= 15 is 0 Å². The molecular formula is C23H32N2O4S. The molecule has 2 rings (SSSR count). The van der Waals surface area contributed by atoms with Gasteiger partial charge in [-0.25, -0.2) is 4.83 Å². The number of rotatable bonds is 13. The fourth-order valence-electron chi connectivity index (χ4n) is 2.79. The van der Waals surface area contributed by atoms with Crippen molar-refractivity contribution in [2.45, 2.75) is 63.9 Å². The second kappa shape index (κ2) is 12.2. The maximum atomic E-state index is 12.4. The second-order valence-corrected chi connectivity index (χ2v) is 8.95. The molecule has 0 atom stereocenters. The molecule has 0 aromatic heterocycles. The summed E-state index contributed by atoms with van der Waals surface area (Å²) in [7, 11) is -3.76. The highest BCUT2D eigenvalue weighted by atomic mass is 32.2. The Bertz CT molecular complexity index is 894. The van der Waals surface area contributed by atoms with Gasteiger partial charge in [-0.05, 0) is 56.7 Å². The lowest BCUT2D eigenvalue weighted by atomic mass is 10.2. The summed E-state index contributed by atoms with van der Waals surface area (Å²) in [4.78, 5) is 2.36. The molecule has 0 heterocycles. The third-order valence-electron chi connectivity index (χ3n) is 4.31. The minimum absolute atomic E-state index is 0.0220. The normalized spacial score (nSPS) is 11.7. The second-order valence-electron chi connectivity index (χ2n) is 7.29. The molecule has 0 radical (unpaired) electrons. The maximum Gasteiger partial charge on any atom is 0.276 e. The molecule has 0 aliphatic rings. The first-order chi connectivity index (χ1) is 14.4. The smallest absolute Gasteiger partial charge is 0.276 e. The highest BCUT2D eigenvalue weighted by molar-refractivity contribution is 7.89. The molecule has 0 fully saturated rings. The van der Waals surface area contributed by atoms with Crippen LogP contribution in [-0.4, -0.2) is 27.3 Å². The molecule has 0 saturated carbocycles. The molecule has 2 aromatic carbocycles. The summed E-state index contributed by atoms with van der Waals surface area (Å²) in [6.45, 7) is 6.64. The van der Waals surface area contributed by atoms with Gasteiger partial charge in [0.2, 0.25) is 0 Å². The summed E-state index contributed by atoms with van der Waals surface area (Å²) in [5, 5.41) is 3.92. The number of hydrogen-bond acceptors (Lipinski definition) is 5. The number of nitrogens with zero attached hydrogens (tertiary/aromatic N) is 1. The summed E-state index contributed by atoms with van der Waals surface area (Å²) >= 11 is 0. The van der Waals surface area contributed by atoms with Crippen LogP contribution in [-0.2, 0) is 10.0 Å². The van der Waals surface area contributed by atoms with Gasteiger partial charge < -0.3 is 9.47 Å². The van der Waals surface area contributed by atoms with Gasteiger partial charge in [0.05, 0.1) is 23.8 Å². The Kier molecular flexibility index (Phi) is 9.67. The molecule has 0 spiro atoms. The average molecular weight is 433 g/mol. The van der Waals surface area contributed by atoms with Gasteiger partial charge in [0, 0.05) is 5.56 Å². The molecule has 2 aromatic rings. The van der Waals surface area contributed by atoms with Crippen LogP contribution in [0.3, 0.4) is 0 Å². The van der Waals surface area contributed by atoms with Crippen molar-refractivity contribution in [3.63, 3.8) is 0 Å². The van der Waals surface area contributed by atoms with Crippen molar-refractivity contribution < 1.29 is 17.9 Å². The summed E-state index contributed by atoms with van der Waals surface area (Å²) < 4.78 is 36.3. The zero-order valence-corrected chi connectivity index (χ0v) is 18.8. The number of hydrogen-bond donors (Lipinski definition) is 1. The highest BCUT2D eigenvalue weighted by Gasteiger charge is 2.13. The molecule has 7 heteroatoms. The Labute approximate surface area is 180 Å². The van der Waals surface area contributed by atoms with E-state index in [1.807, 2.05) is 38.1 Å². The van der Waals surface area contributed by atoms with Gasteiger partial charge >= 0.3 is 0 Å². The van der Waals surface area contributed by atoms with E-state index in [9.17, 15) is 8.42 Å². The van der Waals surface area contributed by atoms with Crippen LogP contribution in [0.5, 0.6) is 11.5 Å². The molecule has 6 nitrogen and oxygen atoms in total. The van der Waals surface area contributed by atoms with Crippen LogP contribution in [0.15, 0.2) is 58.5 Å². The van der Waals surface area contributed by atoms with E-state index in [1.54, 1.807) is 12.1 Å². The molecule has 0 amide bonds. The third-order valence-corrected chi connectivity index (χ3v) is 5.55. The first kappa shape index (κ1) is 23.7. The van der Waals surface area contributed by atoms with Crippen LogP contribution in [0.1, 0.15) is 58.4 Å². The molecule has 0 aliphatic heterocycles. The van der Waals surface area contributed by atoms with Gasteiger partial charge in [-0.2, -0.15) is 13.5 Å². The lowest BCUT2D eigenvalue weighted by Gasteiger charge is -2.10. The zero-order chi connectivity index (χ0) is 21.8. The van der Waals surface area contributed by atoms with Gasteiger partial charge in [0.15, 0.2) is 0 Å². The van der Waals surface area contributed by atoms with E-state index in [-0.39, 0.29) is 11.0 Å². The standard InChI is InChI=1S/C23H32N2O4S/c1-4-5-6-7-10-17-28-23-12-9-8-11-20(23)18-24-25-30(26,27)22-15-13-21(14-16-22)29-19(2)3/h8-9,11-16,18-19,25H,4-7,10,17H2,1-3H3/b24-18+. The summed E-state index contributed by atoms with van der Waals surface area (Å²) in [6.07, 6.45) is 7.30. The van der Waals surface area contributed by atoms with Gasteiger partial charge in [0.1, 0.15) is 11.5 Å². The predicted octanol–water partition coefficient (Wildman–Crippen LogP) is 5.14. The molecule has 0 aliphatic carbocycles.